The van der Waals surface area contributed by atoms with E-state index in [-0.39, 0.29) is 6.04 Å². The molecule has 0 aliphatic heterocycles. The van der Waals surface area contributed by atoms with Crippen LogP contribution in [0, 0.1) is 3.57 Å². The summed E-state index contributed by atoms with van der Waals surface area (Å²) in [5.74, 6) is 0. The molecule has 20 heavy (non-hydrogen) atoms. The molecule has 0 heterocycles. The van der Waals surface area contributed by atoms with Crippen molar-refractivity contribution in [2.24, 2.45) is 0 Å². The first kappa shape index (κ1) is 14.4. The Hall–Kier alpha value is -0.580. The highest BCUT2D eigenvalue weighted by Crippen LogP contribution is 2.30. The Labute approximate surface area is 138 Å². The third-order valence-corrected chi connectivity index (χ3v) is 5.59. The molecule has 1 aliphatic rings. The number of hydrogen-bond acceptors (Lipinski definition) is 1. The van der Waals surface area contributed by atoms with Gasteiger partial charge in [-0.25, -0.2) is 0 Å². The number of hydrogen-bond donors (Lipinski definition) is 1. The Kier molecular flexibility index (Phi) is 4.34. The molecular formula is C17H17ClIN. The van der Waals surface area contributed by atoms with Crippen LogP contribution >= 0.6 is 34.2 Å². The maximum absolute atomic E-state index is 6.26. The Morgan fingerprint density at radius 3 is 2.50 bits per heavy atom. The average molecular weight is 398 g/mol. The Morgan fingerprint density at radius 2 is 1.75 bits per heavy atom. The molecule has 1 atom stereocenters. The summed E-state index contributed by atoms with van der Waals surface area (Å²) >= 11 is 8.52. The molecule has 3 rings (SSSR count). The Morgan fingerprint density at radius 1 is 1.05 bits per heavy atom. The molecular weight excluding hydrogens is 381 g/mol. The van der Waals surface area contributed by atoms with E-state index in [1.165, 1.54) is 41.5 Å². The molecule has 0 amide bonds. The number of rotatable bonds is 3. The fraction of sp³-hybridized carbons (Fsp3) is 0.294. The summed E-state index contributed by atoms with van der Waals surface area (Å²) in [5, 5.41) is 4.24. The standard InChI is InChI=1S/C17H17ClIN/c1-20-17(14-7-8-16(19)15(18)10-14)13-6-5-11-3-2-4-12(11)9-13/h5-10,17,20H,2-4H2,1H3. The quantitative estimate of drug-likeness (QED) is 0.738. The van der Waals surface area contributed by atoms with Crippen molar-refractivity contribution in [2.75, 3.05) is 7.05 Å². The van der Waals surface area contributed by atoms with Gasteiger partial charge in [0.2, 0.25) is 0 Å². The zero-order valence-corrected chi connectivity index (χ0v) is 14.3. The van der Waals surface area contributed by atoms with Crippen molar-refractivity contribution in [1.29, 1.82) is 0 Å². The highest BCUT2D eigenvalue weighted by Gasteiger charge is 2.17. The molecule has 1 nitrogen and oxygen atoms in total. The minimum atomic E-state index is 0.204. The number of benzene rings is 2. The molecule has 0 saturated heterocycles. The van der Waals surface area contributed by atoms with E-state index in [9.17, 15) is 0 Å². The van der Waals surface area contributed by atoms with Gasteiger partial charge in [0.15, 0.2) is 0 Å². The van der Waals surface area contributed by atoms with Crippen molar-refractivity contribution >= 4 is 34.2 Å². The topological polar surface area (TPSA) is 12.0 Å². The lowest BCUT2D eigenvalue weighted by Gasteiger charge is -2.19. The second kappa shape index (κ2) is 6.04. The maximum atomic E-state index is 6.26. The molecule has 2 aromatic rings. The molecule has 3 heteroatoms. The van der Waals surface area contributed by atoms with Crippen LogP contribution in [0.3, 0.4) is 0 Å². The highest BCUT2D eigenvalue weighted by atomic mass is 127. The van der Waals surface area contributed by atoms with Crippen molar-refractivity contribution in [3.8, 4) is 0 Å². The molecule has 0 spiro atoms. The maximum Gasteiger partial charge on any atom is 0.0574 e. The Balaban J connectivity index is 1.98. The SMILES string of the molecule is CNC(c1ccc(I)c(Cl)c1)c1ccc2c(c1)CCC2. The number of aryl methyl sites for hydroxylation is 2. The summed E-state index contributed by atoms with van der Waals surface area (Å²) in [6, 6.07) is 13.4. The summed E-state index contributed by atoms with van der Waals surface area (Å²) in [7, 11) is 2.00. The molecule has 0 radical (unpaired) electrons. The largest absolute Gasteiger partial charge is 0.309 e. The third-order valence-electron chi connectivity index (χ3n) is 4.02. The highest BCUT2D eigenvalue weighted by molar-refractivity contribution is 14.1. The second-order valence-corrected chi connectivity index (χ2v) is 6.85. The van der Waals surface area contributed by atoms with Gasteiger partial charge in [0.25, 0.3) is 0 Å². The monoisotopic (exact) mass is 397 g/mol. The summed E-state index contributed by atoms with van der Waals surface area (Å²) in [4.78, 5) is 0. The van der Waals surface area contributed by atoms with Crippen LogP contribution in [-0.2, 0) is 12.8 Å². The van der Waals surface area contributed by atoms with E-state index in [1.54, 1.807) is 0 Å². The van der Waals surface area contributed by atoms with Crippen LogP contribution < -0.4 is 5.32 Å². The number of fused-ring (bicyclic) bond motifs is 1. The minimum absolute atomic E-state index is 0.204. The second-order valence-electron chi connectivity index (χ2n) is 5.28. The summed E-state index contributed by atoms with van der Waals surface area (Å²) in [6.45, 7) is 0. The van der Waals surface area contributed by atoms with E-state index in [2.05, 4.69) is 64.3 Å². The van der Waals surface area contributed by atoms with Gasteiger partial charge in [0.1, 0.15) is 0 Å². The normalized spacial score (nSPS) is 15.2. The van der Waals surface area contributed by atoms with Crippen LogP contribution in [0.25, 0.3) is 0 Å². The van der Waals surface area contributed by atoms with Crippen LogP contribution in [0.5, 0.6) is 0 Å². The van der Waals surface area contributed by atoms with Crippen molar-refractivity contribution in [2.45, 2.75) is 25.3 Å². The first-order valence-electron chi connectivity index (χ1n) is 6.93. The van der Waals surface area contributed by atoms with Crippen molar-refractivity contribution in [3.63, 3.8) is 0 Å². The van der Waals surface area contributed by atoms with E-state index < -0.39 is 0 Å². The van der Waals surface area contributed by atoms with Gasteiger partial charge in [-0.05, 0) is 83.3 Å². The number of nitrogens with one attached hydrogen (secondary N) is 1. The Bertz CT molecular complexity index is 639. The predicted molar refractivity (Wildman–Crippen MR) is 93.5 cm³/mol. The van der Waals surface area contributed by atoms with Gasteiger partial charge in [0, 0.05) is 3.57 Å². The van der Waals surface area contributed by atoms with Crippen LogP contribution in [0.4, 0.5) is 0 Å². The van der Waals surface area contributed by atoms with Gasteiger partial charge < -0.3 is 5.32 Å². The molecule has 2 aromatic carbocycles. The fourth-order valence-electron chi connectivity index (χ4n) is 2.99. The van der Waals surface area contributed by atoms with E-state index in [0.29, 0.717) is 0 Å². The zero-order valence-electron chi connectivity index (χ0n) is 11.4. The lowest BCUT2D eigenvalue weighted by atomic mass is 9.96. The first-order chi connectivity index (χ1) is 9.69. The lowest BCUT2D eigenvalue weighted by Crippen LogP contribution is -2.18. The van der Waals surface area contributed by atoms with Crippen LogP contribution in [-0.4, -0.2) is 7.05 Å². The van der Waals surface area contributed by atoms with Crippen molar-refractivity contribution in [3.05, 3.63) is 67.2 Å². The molecule has 1 unspecified atom stereocenters. The van der Waals surface area contributed by atoms with Gasteiger partial charge in [-0.1, -0.05) is 35.9 Å². The molecule has 0 fully saturated rings. The van der Waals surface area contributed by atoms with Gasteiger partial charge in [-0.2, -0.15) is 0 Å². The van der Waals surface area contributed by atoms with Gasteiger partial charge >= 0.3 is 0 Å². The summed E-state index contributed by atoms with van der Waals surface area (Å²) < 4.78 is 1.09. The van der Waals surface area contributed by atoms with Crippen LogP contribution in [0.2, 0.25) is 5.02 Å². The van der Waals surface area contributed by atoms with Gasteiger partial charge in [0.05, 0.1) is 11.1 Å². The van der Waals surface area contributed by atoms with Gasteiger partial charge in [-0.15, -0.1) is 0 Å². The van der Waals surface area contributed by atoms with Crippen LogP contribution in [0.1, 0.15) is 34.7 Å². The predicted octanol–water partition coefficient (Wildman–Crippen LogP) is 4.74. The molecule has 0 saturated carbocycles. The lowest BCUT2D eigenvalue weighted by molar-refractivity contribution is 0.691. The summed E-state index contributed by atoms with van der Waals surface area (Å²) in [6.07, 6.45) is 3.74. The minimum Gasteiger partial charge on any atom is -0.309 e. The third kappa shape index (κ3) is 2.74. The average Bonchev–Trinajstić information content (AvgIpc) is 2.91. The van der Waals surface area contributed by atoms with Crippen molar-refractivity contribution < 1.29 is 0 Å². The number of halogens is 2. The first-order valence-corrected chi connectivity index (χ1v) is 8.38. The molecule has 1 aliphatic carbocycles. The molecule has 1 N–H and O–H groups in total. The summed E-state index contributed by atoms with van der Waals surface area (Å²) in [5.41, 5.74) is 5.57. The van der Waals surface area contributed by atoms with Gasteiger partial charge in [-0.3, -0.25) is 0 Å². The molecule has 0 aromatic heterocycles. The molecule has 104 valence electrons. The van der Waals surface area contributed by atoms with E-state index in [0.717, 1.165) is 8.59 Å². The van der Waals surface area contributed by atoms with E-state index in [4.69, 9.17) is 11.6 Å². The fourth-order valence-corrected chi connectivity index (χ4v) is 3.51. The van der Waals surface area contributed by atoms with Crippen LogP contribution in [0.15, 0.2) is 36.4 Å². The van der Waals surface area contributed by atoms with E-state index >= 15 is 0 Å². The van der Waals surface area contributed by atoms with E-state index in [1.807, 2.05) is 7.05 Å². The molecule has 0 bridgehead atoms. The zero-order chi connectivity index (χ0) is 14.1. The van der Waals surface area contributed by atoms with Crippen molar-refractivity contribution in [1.82, 2.24) is 5.32 Å². The smallest absolute Gasteiger partial charge is 0.0574 e.